The van der Waals surface area contributed by atoms with Gasteiger partial charge < -0.3 is 9.47 Å². The van der Waals surface area contributed by atoms with Crippen LogP contribution in [0.5, 0.6) is 11.5 Å². The first-order valence-corrected chi connectivity index (χ1v) is 5.10. The van der Waals surface area contributed by atoms with Gasteiger partial charge in [0.1, 0.15) is 6.07 Å². The fraction of sp³-hybridized carbons (Fsp3) is 0.300. The van der Waals surface area contributed by atoms with Gasteiger partial charge in [0, 0.05) is 17.0 Å². The van der Waals surface area contributed by atoms with E-state index < -0.39 is 0 Å². The molecule has 4 heteroatoms. The van der Waals surface area contributed by atoms with Gasteiger partial charge >= 0.3 is 0 Å². The van der Waals surface area contributed by atoms with Gasteiger partial charge in [-0.05, 0) is 22.0 Å². The summed E-state index contributed by atoms with van der Waals surface area (Å²) in [5, 5.41) is 8.81. The van der Waals surface area contributed by atoms with E-state index in [4.69, 9.17) is 14.7 Å². The van der Waals surface area contributed by atoms with Gasteiger partial charge in [0.05, 0.1) is 18.8 Å². The summed E-state index contributed by atoms with van der Waals surface area (Å²) in [6, 6.07) is 5.56. The average molecular weight is 254 g/mol. The van der Waals surface area contributed by atoms with E-state index in [0.717, 1.165) is 10.9 Å². The van der Waals surface area contributed by atoms with Crippen molar-refractivity contribution in [3.63, 3.8) is 0 Å². The Labute approximate surface area is 90.4 Å². The SMILES string of the molecule is N#Cc1cc2c(cc1Br)OCCCO2. The zero-order valence-corrected chi connectivity index (χ0v) is 9.00. The number of nitrogens with zero attached hydrogens (tertiary/aromatic N) is 1. The average Bonchev–Trinajstić information content (AvgIpc) is 2.41. The third kappa shape index (κ3) is 1.68. The molecule has 0 spiro atoms. The monoisotopic (exact) mass is 253 g/mol. The zero-order chi connectivity index (χ0) is 9.97. The molecule has 0 amide bonds. The Bertz CT molecular complexity index is 398. The normalized spacial score (nSPS) is 14.3. The van der Waals surface area contributed by atoms with Crippen molar-refractivity contribution in [3.8, 4) is 17.6 Å². The highest BCUT2D eigenvalue weighted by atomic mass is 79.9. The molecule has 1 heterocycles. The van der Waals surface area contributed by atoms with Crippen LogP contribution in [0.3, 0.4) is 0 Å². The van der Waals surface area contributed by atoms with Crippen LogP contribution < -0.4 is 9.47 Å². The molecule has 0 aliphatic carbocycles. The maximum atomic E-state index is 8.81. The fourth-order valence-electron chi connectivity index (χ4n) is 1.27. The maximum absolute atomic E-state index is 8.81. The van der Waals surface area contributed by atoms with Gasteiger partial charge in [-0.1, -0.05) is 0 Å². The van der Waals surface area contributed by atoms with Gasteiger partial charge in [-0.3, -0.25) is 0 Å². The summed E-state index contributed by atoms with van der Waals surface area (Å²) < 4.78 is 11.7. The van der Waals surface area contributed by atoms with Crippen LogP contribution in [0.2, 0.25) is 0 Å². The van der Waals surface area contributed by atoms with Crippen LogP contribution >= 0.6 is 15.9 Å². The minimum Gasteiger partial charge on any atom is -0.490 e. The molecule has 0 fully saturated rings. The smallest absolute Gasteiger partial charge is 0.162 e. The molecule has 0 N–H and O–H groups in total. The lowest BCUT2D eigenvalue weighted by Crippen LogP contribution is -1.97. The van der Waals surface area contributed by atoms with Crippen LogP contribution in [-0.4, -0.2) is 13.2 Å². The van der Waals surface area contributed by atoms with E-state index in [9.17, 15) is 0 Å². The number of hydrogen-bond donors (Lipinski definition) is 0. The maximum Gasteiger partial charge on any atom is 0.162 e. The fourth-order valence-corrected chi connectivity index (χ4v) is 1.68. The summed E-state index contributed by atoms with van der Waals surface area (Å²) in [6.07, 6.45) is 0.869. The molecule has 3 nitrogen and oxygen atoms in total. The Balaban J connectivity index is 2.47. The van der Waals surface area contributed by atoms with Gasteiger partial charge in [-0.25, -0.2) is 0 Å². The second-order valence-electron chi connectivity index (χ2n) is 2.94. The molecule has 1 aromatic rings. The van der Waals surface area contributed by atoms with Crippen LogP contribution in [-0.2, 0) is 0 Å². The number of rotatable bonds is 0. The number of ether oxygens (including phenoxy) is 2. The molecule has 14 heavy (non-hydrogen) atoms. The summed E-state index contributed by atoms with van der Waals surface area (Å²) >= 11 is 3.30. The lowest BCUT2D eigenvalue weighted by atomic mass is 10.2. The highest BCUT2D eigenvalue weighted by Crippen LogP contribution is 2.34. The molecule has 2 rings (SSSR count). The first-order valence-electron chi connectivity index (χ1n) is 4.30. The highest BCUT2D eigenvalue weighted by Gasteiger charge is 2.13. The molecule has 0 atom stereocenters. The first kappa shape index (κ1) is 9.35. The minimum atomic E-state index is 0.564. The van der Waals surface area contributed by atoms with Crippen molar-refractivity contribution in [1.82, 2.24) is 0 Å². The molecule has 1 aromatic carbocycles. The molecule has 0 saturated heterocycles. The van der Waals surface area contributed by atoms with Crippen molar-refractivity contribution in [2.24, 2.45) is 0 Å². The van der Waals surface area contributed by atoms with E-state index >= 15 is 0 Å². The van der Waals surface area contributed by atoms with Gasteiger partial charge in [-0.15, -0.1) is 0 Å². The van der Waals surface area contributed by atoms with Gasteiger partial charge in [-0.2, -0.15) is 5.26 Å². The lowest BCUT2D eigenvalue weighted by Gasteiger charge is -2.07. The molecule has 1 aliphatic heterocycles. The second-order valence-corrected chi connectivity index (χ2v) is 3.80. The zero-order valence-electron chi connectivity index (χ0n) is 7.42. The van der Waals surface area contributed by atoms with Gasteiger partial charge in [0.2, 0.25) is 0 Å². The van der Waals surface area contributed by atoms with Crippen LogP contribution in [0.15, 0.2) is 16.6 Å². The summed E-state index contributed by atoms with van der Waals surface area (Å²) in [6.45, 7) is 1.30. The van der Waals surface area contributed by atoms with Gasteiger partial charge in [0.15, 0.2) is 11.5 Å². The Kier molecular flexibility index (Phi) is 2.60. The first-order chi connectivity index (χ1) is 6.81. The highest BCUT2D eigenvalue weighted by molar-refractivity contribution is 9.10. The molecular weight excluding hydrogens is 246 g/mol. The third-order valence-corrected chi connectivity index (χ3v) is 2.61. The minimum absolute atomic E-state index is 0.564. The van der Waals surface area contributed by atoms with Crippen LogP contribution in [0.1, 0.15) is 12.0 Å². The lowest BCUT2D eigenvalue weighted by molar-refractivity contribution is 0.297. The van der Waals surface area contributed by atoms with E-state index in [1.165, 1.54) is 0 Å². The van der Waals surface area contributed by atoms with Crippen molar-refractivity contribution >= 4 is 15.9 Å². The molecule has 1 aliphatic rings. The van der Waals surface area contributed by atoms with Crippen LogP contribution in [0, 0.1) is 11.3 Å². The molecule has 0 radical (unpaired) electrons. The number of nitriles is 1. The Morgan fingerprint density at radius 2 is 1.86 bits per heavy atom. The molecule has 0 unspecified atom stereocenters. The molecule has 0 bridgehead atoms. The number of halogens is 1. The van der Waals surface area contributed by atoms with Crippen molar-refractivity contribution in [3.05, 3.63) is 22.2 Å². The summed E-state index contributed by atoms with van der Waals surface area (Å²) in [5.74, 6) is 1.36. The van der Waals surface area contributed by atoms with E-state index in [1.807, 2.05) is 0 Å². The van der Waals surface area contributed by atoms with Crippen molar-refractivity contribution in [2.45, 2.75) is 6.42 Å². The van der Waals surface area contributed by atoms with Crippen molar-refractivity contribution in [1.29, 1.82) is 5.26 Å². The van der Waals surface area contributed by atoms with E-state index in [2.05, 4.69) is 22.0 Å². The molecule has 0 saturated carbocycles. The topological polar surface area (TPSA) is 42.2 Å². The van der Waals surface area contributed by atoms with Crippen LogP contribution in [0.4, 0.5) is 0 Å². The predicted octanol–water partition coefficient (Wildman–Crippen LogP) is 2.48. The summed E-state index contributed by atoms with van der Waals surface area (Å²) in [5.41, 5.74) is 0.564. The Morgan fingerprint density at radius 1 is 1.21 bits per heavy atom. The van der Waals surface area contributed by atoms with Crippen LogP contribution in [0.25, 0.3) is 0 Å². The summed E-state index contributed by atoms with van der Waals surface area (Å²) in [7, 11) is 0. The van der Waals surface area contributed by atoms with Gasteiger partial charge in [0.25, 0.3) is 0 Å². The number of fused-ring (bicyclic) bond motifs is 1. The van der Waals surface area contributed by atoms with E-state index in [1.54, 1.807) is 12.1 Å². The molecule has 72 valence electrons. The second kappa shape index (κ2) is 3.89. The van der Waals surface area contributed by atoms with Crippen molar-refractivity contribution < 1.29 is 9.47 Å². The largest absolute Gasteiger partial charge is 0.490 e. The molecule has 0 aromatic heterocycles. The Morgan fingerprint density at radius 3 is 2.50 bits per heavy atom. The van der Waals surface area contributed by atoms with E-state index in [-0.39, 0.29) is 0 Å². The Hall–Kier alpha value is -1.21. The number of hydrogen-bond acceptors (Lipinski definition) is 3. The molecular formula is C10H8BrNO2. The standard InChI is InChI=1S/C10H8BrNO2/c11-8-5-10-9(4-7(8)6-12)13-2-1-3-14-10/h4-5H,1-3H2. The van der Waals surface area contributed by atoms with Crippen molar-refractivity contribution in [2.75, 3.05) is 13.2 Å². The summed E-state index contributed by atoms with van der Waals surface area (Å²) in [4.78, 5) is 0. The number of benzene rings is 1. The third-order valence-electron chi connectivity index (χ3n) is 1.96. The quantitative estimate of drug-likeness (QED) is 0.714. The van der Waals surface area contributed by atoms with E-state index in [0.29, 0.717) is 30.3 Å². The predicted molar refractivity (Wildman–Crippen MR) is 54.5 cm³/mol.